The van der Waals surface area contributed by atoms with Gasteiger partial charge in [-0.1, -0.05) is 29.8 Å². The molecule has 1 aliphatic heterocycles. The second-order valence-electron chi connectivity index (χ2n) is 6.38. The predicted octanol–water partition coefficient (Wildman–Crippen LogP) is 2.20. The van der Waals surface area contributed by atoms with Crippen LogP contribution in [-0.4, -0.2) is 63.4 Å². The van der Waals surface area contributed by atoms with Gasteiger partial charge in [0.1, 0.15) is 0 Å². The molecular formula is C19H31ClN2O3. The first kappa shape index (κ1) is 21.9. The summed E-state index contributed by atoms with van der Waals surface area (Å²) in [7, 11) is 1.66. The molecule has 0 radical (unpaired) electrons. The number of ether oxygens (including phenoxy) is 2. The van der Waals surface area contributed by atoms with E-state index in [1.807, 2.05) is 4.90 Å². The average Bonchev–Trinajstić information content (AvgIpc) is 3.10. The lowest BCUT2D eigenvalue weighted by molar-refractivity contribution is -0.131. The Labute approximate surface area is 157 Å². The van der Waals surface area contributed by atoms with Crippen molar-refractivity contribution >= 4 is 18.3 Å². The van der Waals surface area contributed by atoms with Crippen molar-refractivity contribution in [3.63, 3.8) is 0 Å². The van der Waals surface area contributed by atoms with Crippen molar-refractivity contribution in [1.82, 2.24) is 10.2 Å². The summed E-state index contributed by atoms with van der Waals surface area (Å²) in [6.07, 6.45) is 3.20. The van der Waals surface area contributed by atoms with Crippen LogP contribution in [0.4, 0.5) is 0 Å². The van der Waals surface area contributed by atoms with Gasteiger partial charge in [-0.15, -0.1) is 12.4 Å². The van der Waals surface area contributed by atoms with Crippen molar-refractivity contribution in [2.45, 2.75) is 32.3 Å². The minimum Gasteiger partial charge on any atom is -0.383 e. The molecule has 2 rings (SSSR count). The molecule has 25 heavy (non-hydrogen) atoms. The summed E-state index contributed by atoms with van der Waals surface area (Å²) >= 11 is 0. The third-order valence-electron chi connectivity index (χ3n) is 4.35. The molecule has 0 aromatic heterocycles. The molecule has 1 N–H and O–H groups in total. The first-order valence-corrected chi connectivity index (χ1v) is 8.83. The van der Waals surface area contributed by atoms with Crippen molar-refractivity contribution in [2.24, 2.45) is 0 Å². The molecule has 1 aliphatic rings. The Morgan fingerprint density at radius 3 is 2.76 bits per heavy atom. The van der Waals surface area contributed by atoms with Gasteiger partial charge in [-0.2, -0.15) is 0 Å². The zero-order valence-corrected chi connectivity index (χ0v) is 16.1. The van der Waals surface area contributed by atoms with E-state index < -0.39 is 0 Å². The number of carbonyl (C=O) groups excluding carboxylic acids is 1. The van der Waals surface area contributed by atoms with Gasteiger partial charge in [-0.05, 0) is 31.7 Å². The van der Waals surface area contributed by atoms with Crippen LogP contribution >= 0.6 is 12.4 Å². The van der Waals surface area contributed by atoms with Crippen LogP contribution < -0.4 is 5.32 Å². The number of carbonyl (C=O) groups is 1. The standard InChI is InChI=1S/C19H30N2O3.ClH/c1-16-5-7-17(8-6-16)9-11-21(15-18-4-3-12-24-18)19(22)14-20-10-13-23-2;/h5-8,18,20H,3-4,9-15H2,1-2H3;1H. The van der Waals surface area contributed by atoms with E-state index in [1.54, 1.807) is 7.11 Å². The van der Waals surface area contributed by atoms with Crippen molar-refractivity contribution in [1.29, 1.82) is 0 Å². The molecule has 1 fully saturated rings. The maximum absolute atomic E-state index is 12.5. The molecule has 1 amide bonds. The van der Waals surface area contributed by atoms with Gasteiger partial charge in [-0.25, -0.2) is 0 Å². The van der Waals surface area contributed by atoms with Gasteiger partial charge in [0.15, 0.2) is 0 Å². The SMILES string of the molecule is COCCNCC(=O)N(CCc1ccc(C)cc1)CC1CCCO1.Cl. The normalized spacial score (nSPS) is 16.5. The summed E-state index contributed by atoms with van der Waals surface area (Å²) < 4.78 is 10.7. The Bertz CT molecular complexity index is 490. The highest BCUT2D eigenvalue weighted by Gasteiger charge is 2.22. The van der Waals surface area contributed by atoms with Gasteiger partial charge in [0.25, 0.3) is 0 Å². The van der Waals surface area contributed by atoms with Gasteiger partial charge in [0, 0.05) is 33.4 Å². The molecule has 5 nitrogen and oxygen atoms in total. The lowest BCUT2D eigenvalue weighted by Gasteiger charge is -2.26. The van der Waals surface area contributed by atoms with Crippen LogP contribution in [-0.2, 0) is 20.7 Å². The van der Waals surface area contributed by atoms with Crippen LogP contribution in [0.25, 0.3) is 0 Å². The van der Waals surface area contributed by atoms with E-state index in [4.69, 9.17) is 9.47 Å². The summed E-state index contributed by atoms with van der Waals surface area (Å²) in [5.41, 5.74) is 2.52. The fraction of sp³-hybridized carbons (Fsp3) is 0.632. The third kappa shape index (κ3) is 8.19. The first-order valence-electron chi connectivity index (χ1n) is 8.83. The summed E-state index contributed by atoms with van der Waals surface area (Å²) in [6, 6.07) is 8.52. The van der Waals surface area contributed by atoms with E-state index in [1.165, 1.54) is 11.1 Å². The molecule has 0 bridgehead atoms. The molecule has 0 spiro atoms. The minimum absolute atomic E-state index is 0. The number of nitrogens with zero attached hydrogens (tertiary/aromatic N) is 1. The molecular weight excluding hydrogens is 340 g/mol. The van der Waals surface area contributed by atoms with E-state index in [0.29, 0.717) is 26.2 Å². The van der Waals surface area contributed by atoms with Crippen LogP contribution in [0, 0.1) is 6.92 Å². The number of halogens is 1. The number of methoxy groups -OCH3 is 1. The van der Waals surface area contributed by atoms with E-state index in [9.17, 15) is 4.79 Å². The van der Waals surface area contributed by atoms with Gasteiger partial charge >= 0.3 is 0 Å². The molecule has 142 valence electrons. The van der Waals surface area contributed by atoms with E-state index in [-0.39, 0.29) is 24.4 Å². The number of aryl methyl sites for hydroxylation is 1. The summed E-state index contributed by atoms with van der Waals surface area (Å²) in [6.45, 7) is 5.98. The lowest BCUT2D eigenvalue weighted by atomic mass is 10.1. The summed E-state index contributed by atoms with van der Waals surface area (Å²) in [5, 5.41) is 3.14. The van der Waals surface area contributed by atoms with Gasteiger partial charge < -0.3 is 19.7 Å². The topological polar surface area (TPSA) is 50.8 Å². The summed E-state index contributed by atoms with van der Waals surface area (Å²) in [5.74, 6) is 0.133. The van der Waals surface area contributed by atoms with Crippen LogP contribution in [0.3, 0.4) is 0 Å². The predicted molar refractivity (Wildman–Crippen MR) is 102 cm³/mol. The second kappa shape index (κ2) is 12.3. The third-order valence-corrected chi connectivity index (χ3v) is 4.35. The number of hydrogen-bond acceptors (Lipinski definition) is 4. The Balaban J connectivity index is 0.00000312. The van der Waals surface area contributed by atoms with Gasteiger partial charge in [0.05, 0.1) is 19.3 Å². The van der Waals surface area contributed by atoms with Crippen LogP contribution in [0.2, 0.25) is 0 Å². The van der Waals surface area contributed by atoms with Crippen LogP contribution in [0.5, 0.6) is 0 Å². The number of benzene rings is 1. The fourth-order valence-electron chi connectivity index (χ4n) is 2.85. The Morgan fingerprint density at radius 2 is 2.12 bits per heavy atom. The number of amides is 1. The number of hydrogen-bond donors (Lipinski definition) is 1. The molecule has 0 saturated carbocycles. The molecule has 1 saturated heterocycles. The van der Waals surface area contributed by atoms with Crippen molar-refractivity contribution in [2.75, 3.05) is 46.5 Å². The highest BCUT2D eigenvalue weighted by atomic mass is 35.5. The molecule has 1 atom stereocenters. The largest absolute Gasteiger partial charge is 0.383 e. The van der Waals surface area contributed by atoms with Crippen molar-refractivity contribution < 1.29 is 14.3 Å². The van der Waals surface area contributed by atoms with Gasteiger partial charge in [0.2, 0.25) is 5.91 Å². The smallest absolute Gasteiger partial charge is 0.236 e. The van der Waals surface area contributed by atoms with Gasteiger partial charge in [-0.3, -0.25) is 4.79 Å². The number of rotatable bonds is 10. The average molecular weight is 371 g/mol. The van der Waals surface area contributed by atoms with Crippen LogP contribution in [0.15, 0.2) is 24.3 Å². The molecule has 1 heterocycles. The Kier molecular flexibility index (Phi) is 10.7. The lowest BCUT2D eigenvalue weighted by Crippen LogP contribution is -2.43. The minimum atomic E-state index is 0. The van der Waals surface area contributed by atoms with Crippen molar-refractivity contribution in [3.05, 3.63) is 35.4 Å². The molecule has 1 unspecified atom stereocenters. The fourth-order valence-corrected chi connectivity index (χ4v) is 2.85. The molecule has 1 aromatic rings. The summed E-state index contributed by atoms with van der Waals surface area (Å²) in [4.78, 5) is 14.5. The monoisotopic (exact) mass is 370 g/mol. The Morgan fingerprint density at radius 1 is 1.36 bits per heavy atom. The maximum Gasteiger partial charge on any atom is 0.236 e. The quantitative estimate of drug-likeness (QED) is 0.641. The second-order valence-corrected chi connectivity index (χ2v) is 6.38. The molecule has 0 aliphatic carbocycles. The van der Waals surface area contributed by atoms with E-state index in [2.05, 4.69) is 36.5 Å². The van der Waals surface area contributed by atoms with Crippen molar-refractivity contribution in [3.8, 4) is 0 Å². The van der Waals surface area contributed by atoms with E-state index >= 15 is 0 Å². The molecule has 6 heteroatoms. The Hall–Kier alpha value is -1.14. The first-order chi connectivity index (χ1) is 11.7. The zero-order chi connectivity index (χ0) is 17.2. The highest BCUT2D eigenvalue weighted by molar-refractivity contribution is 5.85. The molecule has 1 aromatic carbocycles. The van der Waals surface area contributed by atoms with Crippen LogP contribution in [0.1, 0.15) is 24.0 Å². The zero-order valence-electron chi connectivity index (χ0n) is 15.3. The van der Waals surface area contributed by atoms with E-state index in [0.717, 1.165) is 32.4 Å². The number of nitrogens with one attached hydrogen (secondary N) is 1. The highest BCUT2D eigenvalue weighted by Crippen LogP contribution is 2.14. The maximum atomic E-state index is 12.5.